The van der Waals surface area contributed by atoms with Gasteiger partial charge in [-0.15, -0.1) is 6.58 Å². The second-order valence-electron chi connectivity index (χ2n) is 7.76. The molecule has 1 aromatic carbocycles. The van der Waals surface area contributed by atoms with Gasteiger partial charge in [-0.2, -0.15) is 0 Å². The first-order valence-corrected chi connectivity index (χ1v) is 10.8. The number of urea groups is 1. The zero-order valence-electron chi connectivity index (χ0n) is 18.8. The number of pyridine rings is 1. The summed E-state index contributed by atoms with van der Waals surface area (Å²) in [6.45, 7) is 6.13. The summed E-state index contributed by atoms with van der Waals surface area (Å²) in [6, 6.07) is 8.08. The van der Waals surface area contributed by atoms with Gasteiger partial charge in [0.15, 0.2) is 11.5 Å². The molecule has 0 saturated carbocycles. The third-order valence-corrected chi connectivity index (χ3v) is 5.65. The monoisotopic (exact) mass is 464 g/mol. The zero-order valence-corrected chi connectivity index (χ0v) is 18.8. The van der Waals surface area contributed by atoms with Crippen molar-refractivity contribution in [3.63, 3.8) is 0 Å². The van der Waals surface area contributed by atoms with E-state index in [-0.39, 0.29) is 28.9 Å². The number of amides is 3. The summed E-state index contributed by atoms with van der Waals surface area (Å²) in [5.74, 6) is -0.497. The van der Waals surface area contributed by atoms with Crippen molar-refractivity contribution in [2.75, 3.05) is 38.1 Å². The average Bonchev–Trinajstić information content (AvgIpc) is 3.29. The minimum absolute atomic E-state index is 0.0341. The molecule has 1 aliphatic heterocycles. The number of anilines is 1. The first-order chi connectivity index (χ1) is 16.4. The average molecular weight is 465 g/mol. The number of halogens is 1. The number of primary amides is 1. The van der Waals surface area contributed by atoms with Crippen LogP contribution in [0.3, 0.4) is 0 Å². The minimum Gasteiger partial charge on any atom is -0.435 e. The van der Waals surface area contributed by atoms with E-state index >= 15 is 0 Å². The SMILES string of the molecule is C=CCc1cccc(F)c1-c1nc(C(N)=O)c(-c2ccc(N3CCN(C(=O)NC)CC3)nc2)o1. The Morgan fingerprint density at radius 2 is 2.00 bits per heavy atom. The van der Waals surface area contributed by atoms with Crippen LogP contribution >= 0.6 is 0 Å². The van der Waals surface area contributed by atoms with Gasteiger partial charge in [0.25, 0.3) is 5.91 Å². The van der Waals surface area contributed by atoms with Crippen LogP contribution in [0, 0.1) is 5.82 Å². The number of nitrogens with zero attached hydrogens (tertiary/aromatic N) is 4. The maximum Gasteiger partial charge on any atom is 0.317 e. The molecule has 0 spiro atoms. The Bertz CT molecular complexity index is 1220. The lowest BCUT2D eigenvalue weighted by Gasteiger charge is -2.35. The van der Waals surface area contributed by atoms with Crippen molar-refractivity contribution < 1.29 is 18.4 Å². The third kappa shape index (κ3) is 4.47. The molecule has 34 heavy (non-hydrogen) atoms. The van der Waals surface area contributed by atoms with Crippen LogP contribution in [0.1, 0.15) is 16.1 Å². The molecule has 9 nitrogen and oxygen atoms in total. The highest BCUT2D eigenvalue weighted by Crippen LogP contribution is 2.33. The Morgan fingerprint density at radius 3 is 2.62 bits per heavy atom. The molecule has 0 radical (unpaired) electrons. The van der Waals surface area contributed by atoms with Crippen LogP contribution in [-0.4, -0.2) is 60.0 Å². The van der Waals surface area contributed by atoms with E-state index in [0.717, 1.165) is 5.82 Å². The summed E-state index contributed by atoms with van der Waals surface area (Å²) in [4.78, 5) is 36.4. The van der Waals surface area contributed by atoms with Gasteiger partial charge < -0.3 is 25.3 Å². The number of carbonyl (C=O) groups is 2. The van der Waals surface area contributed by atoms with Crippen LogP contribution in [0.4, 0.5) is 15.0 Å². The standard InChI is InChI=1S/C24H25FN6O3/c1-3-5-15-6-4-7-17(25)19(15)23-29-20(22(26)32)21(34-23)16-8-9-18(28-14-16)30-10-12-31(13-11-30)24(33)27-2/h3-4,6-9,14H,1,5,10-13H2,2H3,(H2,26,32)(H,27,33). The maximum atomic E-state index is 14.7. The Hall–Kier alpha value is -4.21. The van der Waals surface area contributed by atoms with E-state index in [1.54, 1.807) is 48.5 Å². The first kappa shape index (κ1) is 23.0. The summed E-state index contributed by atoms with van der Waals surface area (Å²) in [5, 5.41) is 2.63. The van der Waals surface area contributed by atoms with Crippen LogP contribution in [0.25, 0.3) is 22.8 Å². The number of allylic oxidation sites excluding steroid dienone is 1. The van der Waals surface area contributed by atoms with Crippen LogP contribution < -0.4 is 16.0 Å². The number of benzene rings is 1. The van der Waals surface area contributed by atoms with Crippen LogP contribution in [0.15, 0.2) is 53.6 Å². The number of rotatable bonds is 6. The predicted octanol–water partition coefficient (Wildman–Crippen LogP) is 2.83. The lowest BCUT2D eigenvalue weighted by atomic mass is 10.0. The lowest BCUT2D eigenvalue weighted by Crippen LogP contribution is -2.51. The van der Waals surface area contributed by atoms with Gasteiger partial charge in [-0.05, 0) is 30.2 Å². The van der Waals surface area contributed by atoms with Crippen molar-refractivity contribution in [3.05, 3.63) is 66.3 Å². The number of aromatic nitrogens is 2. The second-order valence-corrected chi connectivity index (χ2v) is 7.76. The summed E-state index contributed by atoms with van der Waals surface area (Å²) >= 11 is 0. The molecule has 1 aliphatic rings. The van der Waals surface area contributed by atoms with Gasteiger partial charge in [-0.25, -0.2) is 19.2 Å². The highest BCUT2D eigenvalue weighted by atomic mass is 19.1. The van der Waals surface area contributed by atoms with E-state index in [1.807, 2.05) is 0 Å². The fourth-order valence-corrected chi connectivity index (χ4v) is 3.93. The number of nitrogens with two attached hydrogens (primary N) is 1. The third-order valence-electron chi connectivity index (χ3n) is 5.65. The van der Waals surface area contributed by atoms with Crippen LogP contribution in [-0.2, 0) is 6.42 Å². The Balaban J connectivity index is 1.62. The number of nitrogens with one attached hydrogen (secondary N) is 1. The summed E-state index contributed by atoms with van der Waals surface area (Å²) in [7, 11) is 1.61. The normalized spacial score (nSPS) is 13.6. The number of hydrogen-bond acceptors (Lipinski definition) is 6. The van der Waals surface area contributed by atoms with E-state index in [2.05, 4.69) is 26.8 Å². The van der Waals surface area contributed by atoms with Gasteiger partial charge in [-0.3, -0.25) is 4.79 Å². The van der Waals surface area contributed by atoms with Crippen molar-refractivity contribution in [2.24, 2.45) is 5.73 Å². The minimum atomic E-state index is -0.791. The topological polar surface area (TPSA) is 118 Å². The van der Waals surface area contributed by atoms with Gasteiger partial charge >= 0.3 is 6.03 Å². The molecule has 3 aromatic rings. The molecule has 0 atom stereocenters. The van der Waals surface area contributed by atoms with Crippen molar-refractivity contribution in [1.29, 1.82) is 0 Å². The van der Waals surface area contributed by atoms with Crippen molar-refractivity contribution in [3.8, 4) is 22.8 Å². The van der Waals surface area contributed by atoms with Gasteiger partial charge in [0.1, 0.15) is 11.6 Å². The molecule has 4 rings (SSSR count). The molecule has 3 heterocycles. The second kappa shape index (κ2) is 9.74. The molecule has 10 heteroatoms. The Kier molecular flexibility index (Phi) is 6.58. The summed E-state index contributed by atoms with van der Waals surface area (Å²) < 4.78 is 20.5. The lowest BCUT2D eigenvalue weighted by molar-refractivity contribution is 0.0996. The molecule has 176 valence electrons. The van der Waals surface area contributed by atoms with E-state index in [0.29, 0.717) is 43.7 Å². The molecule has 0 aliphatic carbocycles. The fourth-order valence-electron chi connectivity index (χ4n) is 3.93. The van der Waals surface area contributed by atoms with Crippen molar-refractivity contribution in [2.45, 2.75) is 6.42 Å². The summed E-state index contributed by atoms with van der Waals surface area (Å²) in [6.07, 6.45) is 3.61. The van der Waals surface area contributed by atoms with Gasteiger partial charge in [0.2, 0.25) is 5.89 Å². The van der Waals surface area contributed by atoms with E-state index < -0.39 is 11.7 Å². The van der Waals surface area contributed by atoms with Crippen LogP contribution in [0.5, 0.6) is 0 Å². The smallest absolute Gasteiger partial charge is 0.317 e. The maximum absolute atomic E-state index is 14.7. The molecule has 1 fully saturated rings. The largest absolute Gasteiger partial charge is 0.435 e. The molecule has 1 saturated heterocycles. The van der Waals surface area contributed by atoms with Gasteiger partial charge in [-0.1, -0.05) is 18.2 Å². The summed E-state index contributed by atoms with van der Waals surface area (Å²) in [5.41, 5.74) is 6.71. The van der Waals surface area contributed by atoms with Crippen molar-refractivity contribution in [1.82, 2.24) is 20.2 Å². The molecule has 0 bridgehead atoms. The number of hydrogen-bond donors (Lipinski definition) is 2. The van der Waals surface area contributed by atoms with Crippen LogP contribution in [0.2, 0.25) is 0 Å². The fraction of sp³-hybridized carbons (Fsp3) is 0.250. The molecular weight excluding hydrogens is 439 g/mol. The van der Waals surface area contributed by atoms with Gasteiger partial charge in [0.05, 0.1) is 5.56 Å². The van der Waals surface area contributed by atoms with E-state index in [9.17, 15) is 14.0 Å². The molecule has 2 aromatic heterocycles. The molecular formula is C24H25FN6O3. The number of piperazine rings is 1. The highest BCUT2D eigenvalue weighted by molar-refractivity contribution is 5.97. The number of oxazole rings is 1. The number of carbonyl (C=O) groups excluding carboxylic acids is 2. The Labute approximate surface area is 196 Å². The molecule has 3 N–H and O–H groups in total. The predicted molar refractivity (Wildman–Crippen MR) is 126 cm³/mol. The van der Waals surface area contributed by atoms with E-state index in [1.165, 1.54) is 6.07 Å². The Morgan fingerprint density at radius 1 is 1.24 bits per heavy atom. The quantitative estimate of drug-likeness (QED) is 0.542. The van der Waals surface area contributed by atoms with E-state index in [4.69, 9.17) is 10.2 Å². The van der Waals surface area contributed by atoms with Gasteiger partial charge in [0, 0.05) is 45.0 Å². The molecule has 3 amide bonds. The van der Waals surface area contributed by atoms with Crippen molar-refractivity contribution >= 4 is 17.8 Å². The highest BCUT2D eigenvalue weighted by Gasteiger charge is 2.25. The molecule has 0 unspecified atom stereocenters. The zero-order chi connectivity index (χ0) is 24.2. The first-order valence-electron chi connectivity index (χ1n) is 10.8.